The minimum atomic E-state index is -0.0995. The molecule has 4 heteroatoms. The molecule has 0 fully saturated rings. The lowest BCUT2D eigenvalue weighted by Gasteiger charge is -2.31. The Morgan fingerprint density at radius 1 is 1.28 bits per heavy atom. The number of anilines is 1. The Balaban J connectivity index is 1.94. The quantitative estimate of drug-likeness (QED) is 0.802. The van der Waals surface area contributed by atoms with Crippen molar-refractivity contribution >= 4 is 17.7 Å². The maximum atomic E-state index is 12.8. The van der Waals surface area contributed by atoms with E-state index in [2.05, 4.69) is 13.0 Å². The third-order valence-electron chi connectivity index (χ3n) is 4.53. The van der Waals surface area contributed by atoms with Crippen molar-refractivity contribution in [3.63, 3.8) is 0 Å². The van der Waals surface area contributed by atoms with Crippen LogP contribution in [-0.4, -0.2) is 19.6 Å². The van der Waals surface area contributed by atoms with E-state index < -0.39 is 0 Å². The van der Waals surface area contributed by atoms with E-state index in [1.54, 1.807) is 24.2 Å². The SMILES string of the molecule is COc1ccc(C)c2c1N(C(=O)/C=C/c1ccccc1C#N)CCC2. The zero-order valence-corrected chi connectivity index (χ0v) is 14.5. The average Bonchev–Trinajstić information content (AvgIpc) is 2.66. The molecule has 25 heavy (non-hydrogen) atoms. The molecule has 2 aromatic carbocycles. The summed E-state index contributed by atoms with van der Waals surface area (Å²) in [5.74, 6) is 0.622. The van der Waals surface area contributed by atoms with Crippen molar-refractivity contribution in [2.45, 2.75) is 19.8 Å². The molecule has 0 saturated heterocycles. The second kappa shape index (κ2) is 7.23. The molecule has 1 heterocycles. The van der Waals surface area contributed by atoms with E-state index in [0.717, 1.165) is 29.8 Å². The molecule has 0 unspecified atom stereocenters. The molecule has 0 bridgehead atoms. The lowest BCUT2D eigenvalue weighted by molar-refractivity contribution is -0.114. The zero-order valence-electron chi connectivity index (χ0n) is 14.5. The van der Waals surface area contributed by atoms with E-state index >= 15 is 0 Å². The van der Waals surface area contributed by atoms with Crippen molar-refractivity contribution in [1.82, 2.24) is 0 Å². The molecule has 0 N–H and O–H groups in total. The largest absolute Gasteiger partial charge is 0.495 e. The molecule has 0 aromatic heterocycles. The van der Waals surface area contributed by atoms with Gasteiger partial charge in [-0.3, -0.25) is 4.79 Å². The Morgan fingerprint density at radius 2 is 2.08 bits per heavy atom. The normalized spacial score (nSPS) is 13.4. The predicted octanol–water partition coefficient (Wildman–Crippen LogP) is 3.87. The molecule has 0 spiro atoms. The van der Waals surface area contributed by atoms with Crippen LogP contribution in [0.2, 0.25) is 0 Å². The number of carbonyl (C=O) groups is 1. The third-order valence-corrected chi connectivity index (χ3v) is 4.53. The fraction of sp³-hybridized carbons (Fsp3) is 0.238. The maximum Gasteiger partial charge on any atom is 0.251 e. The maximum absolute atomic E-state index is 12.8. The Morgan fingerprint density at radius 3 is 2.84 bits per heavy atom. The number of aryl methyl sites for hydroxylation is 1. The van der Waals surface area contributed by atoms with Crippen molar-refractivity contribution in [3.05, 3.63) is 64.7 Å². The number of hydrogen-bond acceptors (Lipinski definition) is 3. The van der Waals surface area contributed by atoms with Crippen LogP contribution >= 0.6 is 0 Å². The fourth-order valence-electron chi connectivity index (χ4n) is 3.23. The minimum Gasteiger partial charge on any atom is -0.495 e. The number of benzene rings is 2. The molecule has 1 amide bonds. The van der Waals surface area contributed by atoms with Crippen LogP contribution in [0.5, 0.6) is 5.75 Å². The second-order valence-electron chi connectivity index (χ2n) is 6.04. The fourth-order valence-corrected chi connectivity index (χ4v) is 3.23. The molecular weight excluding hydrogens is 312 g/mol. The molecule has 126 valence electrons. The summed E-state index contributed by atoms with van der Waals surface area (Å²) < 4.78 is 5.49. The summed E-state index contributed by atoms with van der Waals surface area (Å²) >= 11 is 0. The van der Waals surface area contributed by atoms with Crippen LogP contribution in [0.15, 0.2) is 42.5 Å². The molecule has 0 atom stereocenters. The standard InChI is InChI=1S/C21H20N2O2/c1-15-9-11-19(25-2)21-18(15)8-5-13-23(21)20(24)12-10-16-6-3-4-7-17(16)14-22/h3-4,6-7,9-12H,5,8,13H2,1-2H3/b12-10+. The third kappa shape index (κ3) is 3.27. The Hall–Kier alpha value is -3.06. The number of nitriles is 1. The van der Waals surface area contributed by atoms with Crippen molar-refractivity contribution in [1.29, 1.82) is 5.26 Å². The van der Waals surface area contributed by atoms with Gasteiger partial charge < -0.3 is 9.64 Å². The summed E-state index contributed by atoms with van der Waals surface area (Å²) in [5, 5.41) is 9.17. The molecular formula is C21H20N2O2. The van der Waals surface area contributed by atoms with Crippen molar-refractivity contribution in [2.24, 2.45) is 0 Å². The minimum absolute atomic E-state index is 0.0995. The van der Waals surface area contributed by atoms with Gasteiger partial charge in [0, 0.05) is 12.6 Å². The first-order chi connectivity index (χ1) is 12.2. The van der Waals surface area contributed by atoms with Gasteiger partial charge in [-0.05, 0) is 54.7 Å². The van der Waals surface area contributed by atoms with E-state index in [1.807, 2.05) is 30.3 Å². The number of carbonyl (C=O) groups excluding carboxylic acids is 1. The van der Waals surface area contributed by atoms with Crippen LogP contribution in [0.3, 0.4) is 0 Å². The Bertz CT molecular complexity index is 878. The van der Waals surface area contributed by atoms with Crippen LogP contribution in [0.4, 0.5) is 5.69 Å². The van der Waals surface area contributed by atoms with Gasteiger partial charge in [-0.1, -0.05) is 24.3 Å². The highest BCUT2D eigenvalue weighted by Crippen LogP contribution is 2.38. The molecule has 1 aliphatic heterocycles. The highest BCUT2D eigenvalue weighted by molar-refractivity contribution is 6.05. The highest BCUT2D eigenvalue weighted by atomic mass is 16.5. The van der Waals surface area contributed by atoms with E-state index in [4.69, 9.17) is 10.00 Å². The number of amides is 1. The number of nitrogens with zero attached hydrogens (tertiary/aromatic N) is 2. The van der Waals surface area contributed by atoms with Gasteiger partial charge in [0.25, 0.3) is 5.91 Å². The van der Waals surface area contributed by atoms with Crippen LogP contribution in [-0.2, 0) is 11.2 Å². The van der Waals surface area contributed by atoms with Crippen molar-refractivity contribution < 1.29 is 9.53 Å². The van der Waals surface area contributed by atoms with Gasteiger partial charge >= 0.3 is 0 Å². The van der Waals surface area contributed by atoms with Crippen LogP contribution in [0, 0.1) is 18.3 Å². The smallest absolute Gasteiger partial charge is 0.251 e. The topological polar surface area (TPSA) is 53.3 Å². The number of ether oxygens (including phenoxy) is 1. The molecule has 0 aliphatic carbocycles. The van der Waals surface area contributed by atoms with Gasteiger partial charge in [-0.2, -0.15) is 5.26 Å². The molecule has 0 radical (unpaired) electrons. The first-order valence-corrected chi connectivity index (χ1v) is 8.31. The van der Waals surface area contributed by atoms with E-state index in [-0.39, 0.29) is 5.91 Å². The van der Waals surface area contributed by atoms with Crippen LogP contribution in [0.25, 0.3) is 6.08 Å². The monoisotopic (exact) mass is 332 g/mol. The summed E-state index contributed by atoms with van der Waals surface area (Å²) in [6.07, 6.45) is 5.11. The van der Waals surface area contributed by atoms with Gasteiger partial charge in [0.2, 0.25) is 0 Å². The average molecular weight is 332 g/mol. The van der Waals surface area contributed by atoms with Crippen molar-refractivity contribution in [2.75, 3.05) is 18.6 Å². The highest BCUT2D eigenvalue weighted by Gasteiger charge is 2.25. The van der Waals surface area contributed by atoms with Crippen LogP contribution in [0.1, 0.15) is 28.7 Å². The molecule has 1 aliphatic rings. The molecule has 0 saturated carbocycles. The summed E-state index contributed by atoms with van der Waals surface area (Å²) in [5.41, 5.74) is 4.51. The second-order valence-corrected chi connectivity index (χ2v) is 6.04. The number of fused-ring (bicyclic) bond motifs is 1. The Kier molecular flexibility index (Phi) is 4.85. The lowest BCUT2D eigenvalue weighted by atomic mass is 9.96. The summed E-state index contributed by atoms with van der Waals surface area (Å²) in [6.45, 7) is 2.72. The number of hydrogen-bond donors (Lipinski definition) is 0. The van der Waals surface area contributed by atoms with Gasteiger partial charge in [0.15, 0.2) is 0 Å². The van der Waals surface area contributed by atoms with Gasteiger partial charge in [-0.15, -0.1) is 0 Å². The summed E-state index contributed by atoms with van der Waals surface area (Å²) in [6, 6.07) is 13.3. The Labute approximate surface area is 148 Å². The van der Waals surface area contributed by atoms with Crippen LogP contribution < -0.4 is 9.64 Å². The summed E-state index contributed by atoms with van der Waals surface area (Å²) in [4.78, 5) is 14.6. The van der Waals surface area contributed by atoms with Gasteiger partial charge in [0.1, 0.15) is 5.75 Å². The molecule has 3 rings (SSSR count). The zero-order chi connectivity index (χ0) is 17.8. The van der Waals surface area contributed by atoms with Gasteiger partial charge in [-0.25, -0.2) is 0 Å². The van der Waals surface area contributed by atoms with Crippen molar-refractivity contribution in [3.8, 4) is 11.8 Å². The van der Waals surface area contributed by atoms with Gasteiger partial charge in [0.05, 0.1) is 24.4 Å². The number of rotatable bonds is 3. The first-order valence-electron chi connectivity index (χ1n) is 8.31. The first kappa shape index (κ1) is 16.8. The predicted molar refractivity (Wildman–Crippen MR) is 98.6 cm³/mol. The van der Waals surface area contributed by atoms with E-state index in [9.17, 15) is 4.79 Å². The summed E-state index contributed by atoms with van der Waals surface area (Å²) in [7, 11) is 1.63. The lowest BCUT2D eigenvalue weighted by Crippen LogP contribution is -2.34. The molecule has 2 aromatic rings. The molecule has 4 nitrogen and oxygen atoms in total. The van der Waals surface area contributed by atoms with E-state index in [0.29, 0.717) is 12.1 Å². The van der Waals surface area contributed by atoms with E-state index in [1.165, 1.54) is 17.2 Å². The number of methoxy groups -OCH3 is 1.